The number of methoxy groups -OCH3 is 1. The molecule has 0 saturated carbocycles. The van der Waals surface area contributed by atoms with Crippen LogP contribution in [0.2, 0.25) is 0 Å². The van der Waals surface area contributed by atoms with E-state index >= 15 is 0 Å². The van der Waals surface area contributed by atoms with Gasteiger partial charge in [-0.3, -0.25) is 9.59 Å². The van der Waals surface area contributed by atoms with Gasteiger partial charge < -0.3 is 15.2 Å². The predicted molar refractivity (Wildman–Crippen MR) is 80.5 cm³/mol. The summed E-state index contributed by atoms with van der Waals surface area (Å²) < 4.78 is 5.10. The topological polar surface area (TPSA) is 75.6 Å². The lowest BCUT2D eigenvalue weighted by Gasteiger charge is -2.22. The Morgan fingerprint density at radius 1 is 1.29 bits per heavy atom. The third-order valence-electron chi connectivity index (χ3n) is 3.53. The predicted octanol–water partition coefficient (Wildman–Crippen LogP) is 2.42. The van der Waals surface area contributed by atoms with Gasteiger partial charge in [0, 0.05) is 6.54 Å². The van der Waals surface area contributed by atoms with Crippen LogP contribution in [0.1, 0.15) is 38.7 Å². The van der Waals surface area contributed by atoms with Gasteiger partial charge in [0.1, 0.15) is 5.75 Å². The van der Waals surface area contributed by atoms with E-state index in [1.54, 1.807) is 21.0 Å². The van der Waals surface area contributed by atoms with Crippen LogP contribution in [0.4, 0.5) is 0 Å². The molecule has 5 heteroatoms. The van der Waals surface area contributed by atoms with Gasteiger partial charge in [-0.05, 0) is 38.0 Å². The average molecular weight is 293 g/mol. The van der Waals surface area contributed by atoms with E-state index in [9.17, 15) is 9.59 Å². The van der Waals surface area contributed by atoms with E-state index in [1.165, 1.54) is 0 Å². The Bertz CT molecular complexity index is 494. The van der Waals surface area contributed by atoms with Crippen molar-refractivity contribution in [2.24, 2.45) is 5.41 Å². The van der Waals surface area contributed by atoms with Crippen molar-refractivity contribution in [3.8, 4) is 5.75 Å². The summed E-state index contributed by atoms with van der Waals surface area (Å²) in [6.07, 6.45) is 0.645. The van der Waals surface area contributed by atoms with E-state index in [1.807, 2.05) is 31.2 Å². The van der Waals surface area contributed by atoms with E-state index in [4.69, 9.17) is 9.84 Å². The van der Waals surface area contributed by atoms with Crippen LogP contribution in [-0.4, -0.2) is 30.6 Å². The molecule has 1 atom stereocenters. The largest absolute Gasteiger partial charge is 0.497 e. The SMILES string of the molecule is CCC(C(=O)NCC(C)(C)C(=O)O)c1ccc(OC)cc1. The van der Waals surface area contributed by atoms with Crippen molar-refractivity contribution in [3.63, 3.8) is 0 Å². The van der Waals surface area contributed by atoms with Gasteiger partial charge in [-0.25, -0.2) is 0 Å². The monoisotopic (exact) mass is 293 g/mol. The summed E-state index contributed by atoms with van der Waals surface area (Å²) in [4.78, 5) is 23.3. The molecule has 1 amide bonds. The third-order valence-corrected chi connectivity index (χ3v) is 3.53. The number of benzene rings is 1. The molecule has 0 aliphatic heterocycles. The first kappa shape index (κ1) is 17.0. The third kappa shape index (κ3) is 4.48. The maximum Gasteiger partial charge on any atom is 0.310 e. The Kier molecular flexibility index (Phi) is 5.76. The van der Waals surface area contributed by atoms with Gasteiger partial charge in [-0.1, -0.05) is 19.1 Å². The normalized spacial score (nSPS) is 12.6. The molecular formula is C16H23NO4. The number of carbonyl (C=O) groups is 2. The van der Waals surface area contributed by atoms with Crippen molar-refractivity contribution < 1.29 is 19.4 Å². The first-order chi connectivity index (χ1) is 9.81. The maximum atomic E-state index is 12.3. The molecular weight excluding hydrogens is 270 g/mol. The Hall–Kier alpha value is -2.04. The van der Waals surface area contributed by atoms with E-state index < -0.39 is 11.4 Å². The van der Waals surface area contributed by atoms with Gasteiger partial charge in [-0.2, -0.15) is 0 Å². The van der Waals surface area contributed by atoms with Gasteiger partial charge in [0.15, 0.2) is 0 Å². The van der Waals surface area contributed by atoms with Gasteiger partial charge in [0.05, 0.1) is 18.4 Å². The van der Waals surface area contributed by atoms with Crippen LogP contribution in [0.15, 0.2) is 24.3 Å². The fourth-order valence-corrected chi connectivity index (χ4v) is 1.92. The molecule has 0 fully saturated rings. The number of aliphatic carboxylic acids is 1. The number of hydrogen-bond donors (Lipinski definition) is 2. The molecule has 2 N–H and O–H groups in total. The number of hydrogen-bond acceptors (Lipinski definition) is 3. The second-order valence-corrected chi connectivity index (χ2v) is 5.64. The Morgan fingerprint density at radius 2 is 1.86 bits per heavy atom. The zero-order chi connectivity index (χ0) is 16.0. The van der Waals surface area contributed by atoms with Crippen LogP contribution in [-0.2, 0) is 9.59 Å². The highest BCUT2D eigenvalue weighted by atomic mass is 16.5. The standard InChI is InChI=1S/C16H23NO4/c1-5-13(11-6-8-12(21-4)9-7-11)14(18)17-10-16(2,3)15(19)20/h6-9,13H,5,10H2,1-4H3,(H,17,18)(H,19,20). The Balaban J connectivity index is 2.75. The quantitative estimate of drug-likeness (QED) is 0.809. The summed E-state index contributed by atoms with van der Waals surface area (Å²) in [6, 6.07) is 7.34. The van der Waals surface area contributed by atoms with Gasteiger partial charge in [0.2, 0.25) is 5.91 Å². The summed E-state index contributed by atoms with van der Waals surface area (Å²) in [5.41, 5.74) is -0.0858. The second-order valence-electron chi connectivity index (χ2n) is 5.64. The molecule has 0 spiro atoms. The number of carboxylic acid groups (broad SMARTS) is 1. The van der Waals surface area contributed by atoms with Crippen LogP contribution in [0.25, 0.3) is 0 Å². The molecule has 0 radical (unpaired) electrons. The minimum Gasteiger partial charge on any atom is -0.497 e. The molecule has 0 aliphatic carbocycles. The lowest BCUT2D eigenvalue weighted by molar-refractivity contribution is -0.146. The molecule has 5 nitrogen and oxygen atoms in total. The zero-order valence-electron chi connectivity index (χ0n) is 13.0. The van der Waals surface area contributed by atoms with Gasteiger partial charge in [0.25, 0.3) is 0 Å². The highest BCUT2D eigenvalue weighted by Gasteiger charge is 2.29. The summed E-state index contributed by atoms with van der Waals surface area (Å²) in [5.74, 6) is -0.640. The molecule has 1 aromatic carbocycles. The van der Waals surface area contributed by atoms with Crippen molar-refractivity contribution >= 4 is 11.9 Å². The molecule has 0 bridgehead atoms. The first-order valence-corrected chi connectivity index (χ1v) is 6.97. The minimum absolute atomic E-state index is 0.105. The van der Waals surface area contributed by atoms with E-state index in [0.29, 0.717) is 6.42 Å². The van der Waals surface area contributed by atoms with E-state index in [-0.39, 0.29) is 18.4 Å². The molecule has 1 aromatic rings. The molecule has 0 aromatic heterocycles. The molecule has 0 aliphatic rings. The molecule has 0 saturated heterocycles. The summed E-state index contributed by atoms with van der Waals surface area (Å²) in [7, 11) is 1.59. The molecule has 116 valence electrons. The van der Waals surface area contributed by atoms with Gasteiger partial charge in [-0.15, -0.1) is 0 Å². The molecule has 1 unspecified atom stereocenters. The maximum absolute atomic E-state index is 12.3. The number of carboxylic acids is 1. The van der Waals surface area contributed by atoms with E-state index in [2.05, 4.69) is 5.32 Å². The van der Waals surface area contributed by atoms with Crippen molar-refractivity contribution in [1.82, 2.24) is 5.32 Å². The number of amides is 1. The van der Waals surface area contributed by atoms with Crippen molar-refractivity contribution in [2.45, 2.75) is 33.1 Å². The molecule has 21 heavy (non-hydrogen) atoms. The number of rotatable bonds is 7. The summed E-state index contributed by atoms with van der Waals surface area (Å²) >= 11 is 0. The fraction of sp³-hybridized carbons (Fsp3) is 0.500. The van der Waals surface area contributed by atoms with E-state index in [0.717, 1.165) is 11.3 Å². The van der Waals surface area contributed by atoms with Crippen molar-refractivity contribution in [3.05, 3.63) is 29.8 Å². The zero-order valence-corrected chi connectivity index (χ0v) is 13.0. The highest BCUT2D eigenvalue weighted by Crippen LogP contribution is 2.23. The highest BCUT2D eigenvalue weighted by molar-refractivity contribution is 5.84. The van der Waals surface area contributed by atoms with Gasteiger partial charge >= 0.3 is 5.97 Å². The average Bonchev–Trinajstić information content (AvgIpc) is 2.46. The molecule has 1 rings (SSSR count). The molecule has 0 heterocycles. The van der Waals surface area contributed by atoms with Crippen LogP contribution in [0.5, 0.6) is 5.75 Å². The fourth-order valence-electron chi connectivity index (χ4n) is 1.92. The lowest BCUT2D eigenvalue weighted by atomic mass is 9.92. The van der Waals surface area contributed by atoms with Crippen LogP contribution < -0.4 is 10.1 Å². The minimum atomic E-state index is -0.978. The van der Waals surface area contributed by atoms with Crippen LogP contribution >= 0.6 is 0 Å². The van der Waals surface area contributed by atoms with Crippen LogP contribution in [0, 0.1) is 5.41 Å². The number of ether oxygens (including phenoxy) is 1. The number of nitrogens with one attached hydrogen (secondary N) is 1. The van der Waals surface area contributed by atoms with Crippen molar-refractivity contribution in [2.75, 3.05) is 13.7 Å². The smallest absolute Gasteiger partial charge is 0.310 e. The Morgan fingerprint density at radius 3 is 2.29 bits per heavy atom. The summed E-state index contributed by atoms with van der Waals surface area (Å²) in [6.45, 7) is 5.21. The lowest BCUT2D eigenvalue weighted by Crippen LogP contribution is -2.40. The van der Waals surface area contributed by atoms with Crippen LogP contribution in [0.3, 0.4) is 0 Å². The number of carbonyl (C=O) groups excluding carboxylic acids is 1. The summed E-state index contributed by atoms with van der Waals surface area (Å²) in [5, 5.41) is 11.8. The van der Waals surface area contributed by atoms with Crippen molar-refractivity contribution in [1.29, 1.82) is 0 Å². The Labute approximate surface area is 125 Å². The first-order valence-electron chi connectivity index (χ1n) is 6.97. The second kappa shape index (κ2) is 7.11.